The Balaban J connectivity index is 1.82. The number of benzene rings is 1. The molecule has 0 N–H and O–H groups in total. The minimum atomic E-state index is -0.632. The summed E-state index contributed by atoms with van der Waals surface area (Å²) in [5.41, 5.74) is 1.40. The van der Waals surface area contributed by atoms with Gasteiger partial charge in [0.1, 0.15) is 11.9 Å². The molecule has 3 aromatic rings. The van der Waals surface area contributed by atoms with Gasteiger partial charge in [0.25, 0.3) is 0 Å². The number of hydrogen-bond donors (Lipinski definition) is 0. The molecule has 0 spiro atoms. The number of hydrogen-bond acceptors (Lipinski definition) is 4. The average molecular weight is 364 g/mol. The summed E-state index contributed by atoms with van der Waals surface area (Å²) in [7, 11) is 0. The van der Waals surface area contributed by atoms with Gasteiger partial charge in [-0.3, -0.25) is 14.8 Å². The number of fused-ring (bicyclic) bond motifs is 1. The van der Waals surface area contributed by atoms with Crippen molar-refractivity contribution >= 4 is 39.9 Å². The highest BCUT2D eigenvalue weighted by Crippen LogP contribution is 2.33. The maximum atomic E-state index is 13.2. The number of rotatable bonds is 2. The van der Waals surface area contributed by atoms with Crippen LogP contribution in [0.5, 0.6) is 0 Å². The number of urea groups is 1. The van der Waals surface area contributed by atoms with Gasteiger partial charge in [-0.05, 0) is 18.6 Å². The normalized spacial score (nSPS) is 17.0. The smallest absolute Gasteiger partial charge is 0.275 e. The molecule has 1 aromatic carbocycles. The summed E-state index contributed by atoms with van der Waals surface area (Å²) in [5.74, 6) is 0.510. The molecule has 26 heavy (non-hydrogen) atoms. The molecule has 2 aromatic heterocycles. The molecule has 3 heterocycles. The third kappa shape index (κ3) is 2.54. The monoisotopic (exact) mass is 363 g/mol. The lowest BCUT2D eigenvalue weighted by Gasteiger charge is -2.21. The Morgan fingerprint density at radius 1 is 1.27 bits per heavy atom. The molecule has 1 atom stereocenters. The van der Waals surface area contributed by atoms with E-state index in [0.29, 0.717) is 16.5 Å². The van der Waals surface area contributed by atoms with Gasteiger partial charge >= 0.3 is 6.03 Å². The molecule has 4 rings (SSSR count). The van der Waals surface area contributed by atoms with Gasteiger partial charge in [0.2, 0.25) is 0 Å². The molecule has 0 radical (unpaired) electrons. The van der Waals surface area contributed by atoms with Crippen molar-refractivity contribution < 1.29 is 4.79 Å². The fourth-order valence-corrected chi connectivity index (χ4v) is 3.46. The standard InChI is InChI=1S/C19H14ClN5O/c1-12-6-14(20)9-23-18(12)24-11-15(7-21)25(19(24)26)17-10-22-8-13-4-2-3-5-16(13)17/h2-6,8-10,15H,11H2,1H3/t15-/m1/s1. The van der Waals surface area contributed by atoms with Gasteiger partial charge in [-0.25, -0.2) is 9.78 Å². The lowest BCUT2D eigenvalue weighted by molar-refractivity contribution is 0.255. The second-order valence-electron chi connectivity index (χ2n) is 6.08. The summed E-state index contributed by atoms with van der Waals surface area (Å²) in [5, 5.41) is 11.9. The van der Waals surface area contributed by atoms with Crippen LogP contribution >= 0.6 is 11.6 Å². The first-order chi connectivity index (χ1) is 12.6. The fraction of sp³-hybridized carbons (Fsp3) is 0.158. The SMILES string of the molecule is Cc1cc(Cl)cnc1N1C[C@@H](C#N)N(c2cncc3ccccc23)C1=O. The highest BCUT2D eigenvalue weighted by molar-refractivity contribution is 6.30. The van der Waals surface area contributed by atoms with Crippen LogP contribution in [0.4, 0.5) is 16.3 Å². The third-order valence-corrected chi connectivity index (χ3v) is 4.64. The van der Waals surface area contributed by atoms with Gasteiger partial charge in [0.15, 0.2) is 0 Å². The third-order valence-electron chi connectivity index (χ3n) is 4.43. The molecule has 0 bridgehead atoms. The summed E-state index contributed by atoms with van der Waals surface area (Å²) < 4.78 is 0. The van der Waals surface area contributed by atoms with E-state index in [9.17, 15) is 10.1 Å². The Labute approximate surface area is 155 Å². The zero-order chi connectivity index (χ0) is 18.3. The van der Waals surface area contributed by atoms with Crippen LogP contribution in [0.3, 0.4) is 0 Å². The Hall–Kier alpha value is -3.17. The lowest BCUT2D eigenvalue weighted by Crippen LogP contribution is -2.35. The van der Waals surface area contributed by atoms with Crippen molar-refractivity contribution in [1.29, 1.82) is 5.26 Å². The lowest BCUT2D eigenvalue weighted by atomic mass is 10.1. The van der Waals surface area contributed by atoms with Crippen molar-refractivity contribution in [2.45, 2.75) is 13.0 Å². The van der Waals surface area contributed by atoms with Gasteiger partial charge in [-0.1, -0.05) is 35.9 Å². The van der Waals surface area contributed by atoms with Gasteiger partial charge in [0.05, 0.1) is 29.5 Å². The zero-order valence-electron chi connectivity index (χ0n) is 13.9. The van der Waals surface area contributed by atoms with Crippen molar-refractivity contribution in [1.82, 2.24) is 9.97 Å². The topological polar surface area (TPSA) is 73.1 Å². The van der Waals surface area contributed by atoms with Crippen LogP contribution in [0, 0.1) is 18.3 Å². The van der Waals surface area contributed by atoms with Crippen LogP contribution in [0.1, 0.15) is 5.56 Å². The van der Waals surface area contributed by atoms with Gasteiger partial charge in [-0.15, -0.1) is 0 Å². The van der Waals surface area contributed by atoms with Crippen LogP contribution in [0.25, 0.3) is 10.8 Å². The molecular weight excluding hydrogens is 350 g/mol. The molecule has 0 aliphatic carbocycles. The maximum absolute atomic E-state index is 13.2. The van der Waals surface area contributed by atoms with E-state index in [1.54, 1.807) is 18.5 Å². The number of carbonyl (C=O) groups excluding carboxylic acids is 1. The van der Waals surface area contributed by atoms with E-state index in [2.05, 4.69) is 16.0 Å². The second-order valence-corrected chi connectivity index (χ2v) is 6.52. The van der Waals surface area contributed by atoms with Crippen LogP contribution in [0.2, 0.25) is 5.02 Å². The van der Waals surface area contributed by atoms with E-state index in [0.717, 1.165) is 16.3 Å². The predicted octanol–water partition coefficient (Wildman–Crippen LogP) is 3.93. The summed E-state index contributed by atoms with van der Waals surface area (Å²) >= 11 is 5.97. The van der Waals surface area contributed by atoms with Crippen LogP contribution in [-0.2, 0) is 0 Å². The van der Waals surface area contributed by atoms with E-state index < -0.39 is 6.04 Å². The van der Waals surface area contributed by atoms with Crippen molar-refractivity contribution in [3.05, 3.63) is 59.5 Å². The Bertz CT molecular complexity index is 1060. The van der Waals surface area contributed by atoms with Crippen LogP contribution in [-0.4, -0.2) is 28.6 Å². The van der Waals surface area contributed by atoms with E-state index in [1.807, 2.05) is 31.2 Å². The number of halogens is 1. The molecule has 128 valence electrons. The average Bonchev–Trinajstić information content (AvgIpc) is 2.97. The Kier molecular flexibility index (Phi) is 3.94. The molecule has 1 fully saturated rings. The number of anilines is 2. The molecule has 0 saturated carbocycles. The molecular formula is C19H14ClN5O. The first-order valence-electron chi connectivity index (χ1n) is 8.05. The zero-order valence-corrected chi connectivity index (χ0v) is 14.7. The van der Waals surface area contributed by atoms with E-state index >= 15 is 0 Å². The maximum Gasteiger partial charge on any atom is 0.331 e. The summed E-state index contributed by atoms with van der Waals surface area (Å²) in [6, 6.07) is 10.7. The number of carbonyl (C=O) groups is 1. The number of nitrogens with zero attached hydrogens (tertiary/aromatic N) is 5. The molecule has 0 unspecified atom stereocenters. The highest BCUT2D eigenvalue weighted by atomic mass is 35.5. The number of pyridine rings is 2. The molecule has 2 amide bonds. The number of nitriles is 1. The van der Waals surface area contributed by atoms with Gasteiger partial charge in [0, 0.05) is 23.2 Å². The minimum absolute atomic E-state index is 0.230. The van der Waals surface area contributed by atoms with E-state index in [4.69, 9.17) is 11.6 Å². The molecule has 6 nitrogen and oxygen atoms in total. The van der Waals surface area contributed by atoms with E-state index in [1.165, 1.54) is 16.0 Å². The molecule has 7 heteroatoms. The van der Waals surface area contributed by atoms with Crippen molar-refractivity contribution in [3.63, 3.8) is 0 Å². The number of aromatic nitrogens is 2. The second kappa shape index (κ2) is 6.28. The first kappa shape index (κ1) is 16.3. The Morgan fingerprint density at radius 2 is 2.08 bits per heavy atom. The summed E-state index contributed by atoms with van der Waals surface area (Å²) in [4.78, 5) is 24.7. The van der Waals surface area contributed by atoms with E-state index in [-0.39, 0.29) is 12.6 Å². The van der Waals surface area contributed by atoms with Gasteiger partial charge in [-0.2, -0.15) is 5.26 Å². The number of amides is 2. The van der Waals surface area contributed by atoms with Crippen LogP contribution in [0.15, 0.2) is 48.9 Å². The van der Waals surface area contributed by atoms with Crippen molar-refractivity contribution in [2.24, 2.45) is 0 Å². The molecule has 1 aliphatic heterocycles. The largest absolute Gasteiger partial charge is 0.331 e. The fourth-order valence-electron chi connectivity index (χ4n) is 3.25. The van der Waals surface area contributed by atoms with Crippen molar-refractivity contribution in [2.75, 3.05) is 16.3 Å². The minimum Gasteiger partial charge on any atom is -0.275 e. The van der Waals surface area contributed by atoms with Crippen LogP contribution < -0.4 is 9.80 Å². The number of aryl methyl sites for hydroxylation is 1. The Morgan fingerprint density at radius 3 is 2.85 bits per heavy atom. The quantitative estimate of drug-likeness (QED) is 0.691. The predicted molar refractivity (Wildman–Crippen MR) is 100 cm³/mol. The first-order valence-corrected chi connectivity index (χ1v) is 8.43. The highest BCUT2D eigenvalue weighted by Gasteiger charge is 2.41. The van der Waals surface area contributed by atoms with Gasteiger partial charge < -0.3 is 0 Å². The summed E-state index contributed by atoms with van der Waals surface area (Å²) in [6.45, 7) is 2.07. The molecule has 1 aliphatic rings. The van der Waals surface area contributed by atoms with Crippen molar-refractivity contribution in [3.8, 4) is 6.07 Å². The summed E-state index contributed by atoms with van der Waals surface area (Å²) in [6.07, 6.45) is 4.86. The molecule has 1 saturated heterocycles.